The fourth-order valence-corrected chi connectivity index (χ4v) is 2.42. The van der Waals surface area contributed by atoms with Crippen LogP contribution in [0.15, 0.2) is 54.6 Å². The quantitative estimate of drug-likeness (QED) is 0.722. The summed E-state index contributed by atoms with van der Waals surface area (Å²) >= 11 is 0. The Bertz CT molecular complexity index is 699. The van der Waals surface area contributed by atoms with Gasteiger partial charge in [-0.1, -0.05) is 42.5 Å². The first-order valence-electron chi connectivity index (χ1n) is 8.32. The fraction of sp³-hybridized carbons (Fsp3) is 0.300. The Morgan fingerprint density at radius 1 is 1.00 bits per heavy atom. The van der Waals surface area contributed by atoms with Gasteiger partial charge < -0.3 is 15.7 Å². The van der Waals surface area contributed by atoms with E-state index >= 15 is 0 Å². The lowest BCUT2D eigenvalue weighted by atomic mass is 10.0. The minimum absolute atomic E-state index is 0.0944. The van der Waals surface area contributed by atoms with Crippen molar-refractivity contribution in [3.63, 3.8) is 0 Å². The van der Waals surface area contributed by atoms with E-state index in [0.717, 1.165) is 11.1 Å². The summed E-state index contributed by atoms with van der Waals surface area (Å²) in [7, 11) is 0. The van der Waals surface area contributed by atoms with Crippen molar-refractivity contribution in [2.24, 2.45) is 0 Å². The van der Waals surface area contributed by atoms with Gasteiger partial charge in [0.05, 0.1) is 12.1 Å². The fourth-order valence-electron chi connectivity index (χ4n) is 2.42. The van der Waals surface area contributed by atoms with Crippen molar-refractivity contribution >= 4 is 11.8 Å². The van der Waals surface area contributed by atoms with Crippen LogP contribution in [0.3, 0.4) is 0 Å². The summed E-state index contributed by atoms with van der Waals surface area (Å²) in [6.45, 7) is 3.68. The number of hydrogen-bond donors (Lipinski definition) is 3. The zero-order valence-electron chi connectivity index (χ0n) is 14.5. The molecule has 2 aromatic carbocycles. The van der Waals surface area contributed by atoms with E-state index in [1.165, 1.54) is 6.92 Å². The Balaban J connectivity index is 1.88. The standard InChI is InChI=1S/C20H24N2O3/c1-14(19(24)12-16-6-4-3-5-7-16)22-20(25)18-10-8-17(9-11-18)13-21-15(2)23/h3-11,14,19,24H,12-13H2,1-2H3,(H,21,23)(H,22,25). The van der Waals surface area contributed by atoms with Crippen molar-refractivity contribution in [3.8, 4) is 0 Å². The molecule has 0 spiro atoms. The molecule has 0 saturated heterocycles. The second kappa shape index (κ2) is 8.99. The molecular formula is C20H24N2O3. The number of aliphatic hydroxyl groups is 1. The summed E-state index contributed by atoms with van der Waals surface area (Å²) in [5.41, 5.74) is 2.47. The largest absolute Gasteiger partial charge is 0.391 e. The molecule has 5 heteroatoms. The van der Waals surface area contributed by atoms with E-state index in [2.05, 4.69) is 10.6 Å². The molecule has 2 rings (SSSR count). The third-order valence-electron chi connectivity index (χ3n) is 3.98. The van der Waals surface area contributed by atoms with Crippen LogP contribution < -0.4 is 10.6 Å². The minimum Gasteiger partial charge on any atom is -0.391 e. The summed E-state index contributed by atoms with van der Waals surface area (Å²) in [5.74, 6) is -0.325. The van der Waals surface area contributed by atoms with E-state index in [0.29, 0.717) is 18.5 Å². The molecule has 2 amide bonds. The van der Waals surface area contributed by atoms with Crippen molar-refractivity contribution in [2.45, 2.75) is 39.0 Å². The molecule has 0 aliphatic heterocycles. The van der Waals surface area contributed by atoms with Crippen LogP contribution in [0.2, 0.25) is 0 Å². The third kappa shape index (κ3) is 6.04. The third-order valence-corrected chi connectivity index (χ3v) is 3.98. The molecule has 5 nitrogen and oxygen atoms in total. The Kier molecular flexibility index (Phi) is 6.71. The minimum atomic E-state index is -0.662. The highest BCUT2D eigenvalue weighted by atomic mass is 16.3. The van der Waals surface area contributed by atoms with Crippen molar-refractivity contribution in [3.05, 3.63) is 71.3 Å². The summed E-state index contributed by atoms with van der Waals surface area (Å²) in [5, 5.41) is 15.8. The Morgan fingerprint density at radius 3 is 2.24 bits per heavy atom. The predicted molar refractivity (Wildman–Crippen MR) is 97.0 cm³/mol. The molecule has 2 unspecified atom stereocenters. The number of amides is 2. The molecule has 0 fully saturated rings. The van der Waals surface area contributed by atoms with Crippen LogP contribution in [-0.4, -0.2) is 29.1 Å². The van der Waals surface area contributed by atoms with E-state index < -0.39 is 6.10 Å². The summed E-state index contributed by atoms with van der Waals surface area (Å²) in [6, 6.07) is 16.3. The van der Waals surface area contributed by atoms with Crippen LogP contribution in [0.25, 0.3) is 0 Å². The highest BCUT2D eigenvalue weighted by Crippen LogP contribution is 2.08. The van der Waals surface area contributed by atoms with Gasteiger partial charge in [-0.25, -0.2) is 0 Å². The molecule has 3 N–H and O–H groups in total. The molecule has 0 aliphatic carbocycles. The van der Waals surface area contributed by atoms with E-state index in [1.54, 1.807) is 31.2 Å². The average molecular weight is 340 g/mol. The first-order chi connectivity index (χ1) is 12.0. The molecule has 0 bridgehead atoms. The van der Waals surface area contributed by atoms with Gasteiger partial charge in [0.1, 0.15) is 0 Å². The van der Waals surface area contributed by atoms with E-state index in [9.17, 15) is 14.7 Å². The molecule has 2 atom stereocenters. The Morgan fingerprint density at radius 2 is 1.64 bits per heavy atom. The maximum atomic E-state index is 12.3. The second-order valence-corrected chi connectivity index (χ2v) is 6.13. The summed E-state index contributed by atoms with van der Waals surface area (Å²) < 4.78 is 0. The molecule has 0 saturated carbocycles. The zero-order chi connectivity index (χ0) is 18.2. The first-order valence-corrected chi connectivity index (χ1v) is 8.32. The highest BCUT2D eigenvalue weighted by Gasteiger charge is 2.17. The lowest BCUT2D eigenvalue weighted by Crippen LogP contribution is -2.42. The maximum Gasteiger partial charge on any atom is 0.251 e. The molecule has 2 aromatic rings. The van der Waals surface area contributed by atoms with E-state index in [-0.39, 0.29) is 17.9 Å². The molecule has 25 heavy (non-hydrogen) atoms. The molecule has 0 radical (unpaired) electrons. The van der Waals surface area contributed by atoms with Crippen LogP contribution in [-0.2, 0) is 17.8 Å². The van der Waals surface area contributed by atoms with Crippen molar-refractivity contribution in [1.82, 2.24) is 10.6 Å². The summed E-state index contributed by atoms with van der Waals surface area (Å²) in [4.78, 5) is 23.2. The highest BCUT2D eigenvalue weighted by molar-refractivity contribution is 5.94. The number of hydrogen-bond acceptors (Lipinski definition) is 3. The molecule has 0 aromatic heterocycles. The second-order valence-electron chi connectivity index (χ2n) is 6.13. The van der Waals surface area contributed by atoms with Gasteiger partial charge in [-0.2, -0.15) is 0 Å². The first kappa shape index (κ1) is 18.7. The SMILES string of the molecule is CC(=O)NCc1ccc(C(=O)NC(C)C(O)Cc2ccccc2)cc1. The summed E-state index contributed by atoms with van der Waals surface area (Å²) in [6.07, 6.45) is -0.178. The zero-order valence-corrected chi connectivity index (χ0v) is 14.5. The number of carbonyl (C=O) groups is 2. The lowest BCUT2D eigenvalue weighted by Gasteiger charge is -2.20. The Labute approximate surface area is 148 Å². The van der Waals surface area contributed by atoms with Gasteiger partial charge in [0.15, 0.2) is 0 Å². The van der Waals surface area contributed by atoms with Crippen molar-refractivity contribution < 1.29 is 14.7 Å². The molecule has 132 valence electrons. The molecular weight excluding hydrogens is 316 g/mol. The molecule has 0 aliphatic rings. The van der Waals surface area contributed by atoms with Crippen LogP contribution in [0.1, 0.15) is 35.3 Å². The average Bonchev–Trinajstić information content (AvgIpc) is 2.61. The van der Waals surface area contributed by atoms with Crippen LogP contribution in [0, 0.1) is 0 Å². The van der Waals surface area contributed by atoms with Crippen LogP contribution in [0.4, 0.5) is 0 Å². The van der Waals surface area contributed by atoms with Crippen molar-refractivity contribution in [1.29, 1.82) is 0 Å². The van der Waals surface area contributed by atoms with E-state index in [1.807, 2.05) is 30.3 Å². The van der Waals surface area contributed by atoms with Gasteiger partial charge in [0, 0.05) is 25.5 Å². The normalized spacial score (nSPS) is 12.9. The van der Waals surface area contributed by atoms with Gasteiger partial charge in [-0.05, 0) is 30.2 Å². The van der Waals surface area contributed by atoms with Crippen LogP contribution >= 0.6 is 0 Å². The van der Waals surface area contributed by atoms with Gasteiger partial charge in [-0.15, -0.1) is 0 Å². The number of benzene rings is 2. The van der Waals surface area contributed by atoms with Crippen molar-refractivity contribution in [2.75, 3.05) is 0 Å². The van der Waals surface area contributed by atoms with Gasteiger partial charge in [-0.3, -0.25) is 9.59 Å². The molecule has 0 heterocycles. The van der Waals surface area contributed by atoms with Gasteiger partial charge in [0.2, 0.25) is 5.91 Å². The smallest absolute Gasteiger partial charge is 0.251 e. The van der Waals surface area contributed by atoms with Gasteiger partial charge in [0.25, 0.3) is 5.91 Å². The number of nitrogens with one attached hydrogen (secondary N) is 2. The van der Waals surface area contributed by atoms with E-state index in [4.69, 9.17) is 0 Å². The predicted octanol–water partition coefficient (Wildman–Crippen LogP) is 2.04. The number of aliphatic hydroxyl groups excluding tert-OH is 1. The lowest BCUT2D eigenvalue weighted by molar-refractivity contribution is -0.119. The Hall–Kier alpha value is -2.66. The topological polar surface area (TPSA) is 78.4 Å². The maximum absolute atomic E-state index is 12.3. The number of carbonyl (C=O) groups excluding carboxylic acids is 2. The number of rotatable bonds is 7. The van der Waals surface area contributed by atoms with Crippen LogP contribution in [0.5, 0.6) is 0 Å². The van der Waals surface area contributed by atoms with Gasteiger partial charge >= 0.3 is 0 Å². The monoisotopic (exact) mass is 340 g/mol.